The number of amides is 3. The predicted octanol–water partition coefficient (Wildman–Crippen LogP) is 2.53. The first-order valence-electron chi connectivity index (χ1n) is 12.1. The average molecular weight is 520 g/mol. The van der Waals surface area contributed by atoms with E-state index >= 15 is 0 Å². The maximum atomic E-state index is 13.0. The van der Waals surface area contributed by atoms with Crippen LogP contribution in [0.4, 0.5) is 0 Å². The Morgan fingerprint density at radius 3 is 2.28 bits per heavy atom. The predicted molar refractivity (Wildman–Crippen MR) is 134 cm³/mol. The third-order valence-electron chi connectivity index (χ3n) is 8.22. The largest absolute Gasteiger partial charge is 0.480 e. The number of halogens is 1. The standard InChI is InChI=1S/C26H34ClN3O6/c1-16-6-5-7-18(27)21(16)23(34)30-12-10-29(11-13-30)20(32)14-19(24(35)36)28-22(33)17-8-9-26(4,15-31)25(17,2)3/h5-7,15,17,19H,8-14H2,1-4H3,(H,28,33)(H,35,36)/t17-,19+,26+/m1/s1. The van der Waals surface area contributed by atoms with Crippen LogP contribution in [0.25, 0.3) is 0 Å². The lowest BCUT2D eigenvalue weighted by Crippen LogP contribution is -2.53. The number of aryl methyl sites for hydroxylation is 1. The van der Waals surface area contributed by atoms with E-state index in [1.165, 1.54) is 4.90 Å². The minimum absolute atomic E-state index is 0.206. The van der Waals surface area contributed by atoms with Crippen LogP contribution in [0.1, 0.15) is 56.0 Å². The average Bonchev–Trinajstić information content (AvgIpc) is 3.07. The minimum atomic E-state index is -1.38. The normalized spacial score (nSPS) is 24.2. The number of carbonyl (C=O) groups excluding carboxylic acids is 4. The maximum absolute atomic E-state index is 13.0. The highest BCUT2D eigenvalue weighted by Gasteiger charge is 2.54. The van der Waals surface area contributed by atoms with Crippen molar-refractivity contribution in [3.63, 3.8) is 0 Å². The summed E-state index contributed by atoms with van der Waals surface area (Å²) in [6, 6.07) is 3.87. The third kappa shape index (κ3) is 5.26. The summed E-state index contributed by atoms with van der Waals surface area (Å²) in [5, 5.41) is 12.6. The van der Waals surface area contributed by atoms with Gasteiger partial charge in [-0.25, -0.2) is 4.79 Å². The quantitative estimate of drug-likeness (QED) is 0.533. The van der Waals surface area contributed by atoms with Crippen LogP contribution in [0.5, 0.6) is 0 Å². The molecule has 3 atom stereocenters. The highest BCUT2D eigenvalue weighted by atomic mass is 35.5. The summed E-state index contributed by atoms with van der Waals surface area (Å²) in [6.45, 7) is 8.38. The number of hydrogen-bond donors (Lipinski definition) is 2. The molecule has 1 aromatic carbocycles. The molecule has 1 saturated heterocycles. The second-order valence-electron chi connectivity index (χ2n) is 10.6. The van der Waals surface area contributed by atoms with Crippen molar-refractivity contribution in [3.05, 3.63) is 34.3 Å². The lowest BCUT2D eigenvalue weighted by molar-refractivity contribution is -0.147. The summed E-state index contributed by atoms with van der Waals surface area (Å²) in [6.07, 6.45) is 1.48. The first-order chi connectivity index (χ1) is 16.8. The van der Waals surface area contributed by atoms with Gasteiger partial charge in [0.2, 0.25) is 11.8 Å². The number of carboxylic acid groups (broad SMARTS) is 1. The van der Waals surface area contributed by atoms with Crippen molar-refractivity contribution in [3.8, 4) is 0 Å². The summed E-state index contributed by atoms with van der Waals surface area (Å²) in [7, 11) is 0. The van der Waals surface area contributed by atoms with Gasteiger partial charge in [0.25, 0.3) is 5.91 Å². The van der Waals surface area contributed by atoms with Gasteiger partial charge in [0.15, 0.2) is 0 Å². The SMILES string of the molecule is Cc1cccc(Cl)c1C(=O)N1CCN(C(=O)C[C@H](NC(=O)[C@H]2CC[C@@](C)(C=O)C2(C)C)C(=O)O)CC1. The fourth-order valence-electron chi connectivity index (χ4n) is 5.19. The van der Waals surface area contributed by atoms with Gasteiger partial charge in [-0.2, -0.15) is 0 Å². The number of aliphatic carboxylic acids is 1. The van der Waals surface area contributed by atoms with Crippen molar-refractivity contribution in [1.29, 1.82) is 0 Å². The summed E-state index contributed by atoms with van der Waals surface area (Å²) in [4.78, 5) is 65.4. The Bertz CT molecular complexity index is 1050. The van der Waals surface area contributed by atoms with E-state index in [9.17, 15) is 29.1 Å². The number of nitrogens with zero attached hydrogens (tertiary/aromatic N) is 2. The van der Waals surface area contributed by atoms with Gasteiger partial charge in [-0.15, -0.1) is 0 Å². The molecule has 3 rings (SSSR count). The van der Waals surface area contributed by atoms with E-state index in [0.717, 1.165) is 11.8 Å². The van der Waals surface area contributed by atoms with Crippen LogP contribution in [-0.4, -0.2) is 77.1 Å². The Morgan fingerprint density at radius 1 is 1.14 bits per heavy atom. The molecule has 1 aliphatic carbocycles. The van der Waals surface area contributed by atoms with Gasteiger partial charge in [0, 0.05) is 37.5 Å². The Morgan fingerprint density at radius 2 is 1.75 bits per heavy atom. The van der Waals surface area contributed by atoms with Crippen LogP contribution in [-0.2, 0) is 19.2 Å². The van der Waals surface area contributed by atoms with E-state index in [2.05, 4.69) is 5.32 Å². The Hall–Kier alpha value is -2.94. The molecule has 3 amide bonds. The number of carbonyl (C=O) groups is 5. The van der Waals surface area contributed by atoms with Crippen molar-refractivity contribution in [2.75, 3.05) is 26.2 Å². The molecule has 1 saturated carbocycles. The zero-order valence-corrected chi connectivity index (χ0v) is 21.9. The van der Waals surface area contributed by atoms with Gasteiger partial charge in [-0.3, -0.25) is 14.4 Å². The molecule has 0 radical (unpaired) electrons. The van der Waals surface area contributed by atoms with E-state index in [1.807, 2.05) is 33.8 Å². The number of nitrogens with one attached hydrogen (secondary N) is 1. The van der Waals surface area contributed by atoms with Crippen molar-refractivity contribution >= 4 is 41.6 Å². The van der Waals surface area contributed by atoms with Crippen LogP contribution in [0.15, 0.2) is 18.2 Å². The molecule has 196 valence electrons. The molecule has 10 heteroatoms. The minimum Gasteiger partial charge on any atom is -0.480 e. The molecule has 1 heterocycles. The smallest absolute Gasteiger partial charge is 0.326 e. The number of piperazine rings is 1. The van der Waals surface area contributed by atoms with Crippen molar-refractivity contribution < 1.29 is 29.1 Å². The van der Waals surface area contributed by atoms with Gasteiger partial charge in [-0.05, 0) is 36.8 Å². The Kier molecular flexibility index (Phi) is 8.13. The van der Waals surface area contributed by atoms with Crippen molar-refractivity contribution in [2.24, 2.45) is 16.7 Å². The van der Waals surface area contributed by atoms with Crippen molar-refractivity contribution in [2.45, 2.75) is 53.0 Å². The van der Waals surface area contributed by atoms with Crippen molar-refractivity contribution in [1.82, 2.24) is 15.1 Å². The molecule has 9 nitrogen and oxygen atoms in total. The second-order valence-corrected chi connectivity index (χ2v) is 11.0. The molecular weight excluding hydrogens is 486 g/mol. The number of rotatable bonds is 7. The first-order valence-corrected chi connectivity index (χ1v) is 12.5. The van der Waals surface area contributed by atoms with Gasteiger partial charge in [-0.1, -0.05) is 44.5 Å². The van der Waals surface area contributed by atoms with Gasteiger partial charge >= 0.3 is 5.97 Å². The molecule has 2 aliphatic rings. The van der Waals surface area contributed by atoms with E-state index in [-0.39, 0.29) is 19.0 Å². The molecule has 1 aromatic rings. The van der Waals surface area contributed by atoms with E-state index < -0.39 is 47.0 Å². The van der Waals surface area contributed by atoms with E-state index in [0.29, 0.717) is 36.5 Å². The third-order valence-corrected chi connectivity index (χ3v) is 8.54. The molecule has 1 aliphatic heterocycles. The van der Waals surface area contributed by atoms with Crippen LogP contribution in [0.3, 0.4) is 0 Å². The fraction of sp³-hybridized carbons (Fsp3) is 0.577. The molecule has 2 N–H and O–H groups in total. The molecule has 36 heavy (non-hydrogen) atoms. The van der Waals surface area contributed by atoms with Crippen LogP contribution >= 0.6 is 11.6 Å². The summed E-state index contributed by atoms with van der Waals surface area (Å²) >= 11 is 6.22. The lowest BCUT2D eigenvalue weighted by Gasteiger charge is -2.37. The van der Waals surface area contributed by atoms with Crippen LogP contribution < -0.4 is 5.32 Å². The number of aldehydes is 1. The topological polar surface area (TPSA) is 124 Å². The number of benzene rings is 1. The van der Waals surface area contributed by atoms with Gasteiger partial charge in [0.1, 0.15) is 12.3 Å². The number of carboxylic acids is 1. The summed E-state index contributed by atoms with van der Waals surface area (Å²) in [5.74, 6) is -2.91. The first kappa shape index (κ1) is 27.6. The Labute approximate surface area is 216 Å². The van der Waals surface area contributed by atoms with E-state index in [1.54, 1.807) is 17.0 Å². The zero-order valence-electron chi connectivity index (χ0n) is 21.2. The highest BCUT2D eigenvalue weighted by molar-refractivity contribution is 6.34. The molecule has 0 unspecified atom stereocenters. The summed E-state index contributed by atoms with van der Waals surface area (Å²) < 4.78 is 0. The second kappa shape index (κ2) is 10.6. The molecule has 2 fully saturated rings. The number of hydrogen-bond acceptors (Lipinski definition) is 5. The highest BCUT2D eigenvalue weighted by Crippen LogP contribution is 2.54. The van der Waals surface area contributed by atoms with Gasteiger partial charge < -0.3 is 25.0 Å². The lowest BCUT2D eigenvalue weighted by atomic mass is 9.66. The molecular formula is C26H34ClN3O6. The molecule has 0 aromatic heterocycles. The molecule has 0 spiro atoms. The Balaban J connectivity index is 1.59. The monoisotopic (exact) mass is 519 g/mol. The fourth-order valence-corrected chi connectivity index (χ4v) is 5.49. The zero-order chi connectivity index (χ0) is 26.8. The van der Waals surface area contributed by atoms with Crippen LogP contribution in [0.2, 0.25) is 5.02 Å². The maximum Gasteiger partial charge on any atom is 0.326 e. The summed E-state index contributed by atoms with van der Waals surface area (Å²) in [5.41, 5.74) is -0.115. The van der Waals surface area contributed by atoms with E-state index in [4.69, 9.17) is 11.6 Å². The van der Waals surface area contributed by atoms with Gasteiger partial charge in [0.05, 0.1) is 17.0 Å². The molecule has 0 bridgehead atoms. The van der Waals surface area contributed by atoms with Crippen LogP contribution in [0, 0.1) is 23.7 Å².